The third-order valence-electron chi connectivity index (χ3n) is 4.92. The van der Waals surface area contributed by atoms with Crippen molar-refractivity contribution in [3.05, 3.63) is 87.8 Å². The minimum atomic E-state index is -0.355. The molecule has 0 saturated heterocycles. The molecule has 26 heavy (non-hydrogen) atoms. The zero-order valence-electron chi connectivity index (χ0n) is 14.2. The van der Waals surface area contributed by atoms with Crippen LogP contribution in [0.25, 0.3) is 0 Å². The molecule has 0 N–H and O–H groups in total. The molecule has 0 fully saturated rings. The molecule has 0 saturated carbocycles. The summed E-state index contributed by atoms with van der Waals surface area (Å²) in [5, 5.41) is 6.96. The third kappa shape index (κ3) is 2.54. The Bertz CT molecular complexity index is 980. The smallest absolute Gasteiger partial charge is 0.246 e. The molecule has 2 aromatic carbocycles. The van der Waals surface area contributed by atoms with Crippen molar-refractivity contribution >= 4 is 21.6 Å². The number of hydrogen-bond acceptors (Lipinski definition) is 4. The van der Waals surface area contributed by atoms with Gasteiger partial charge in [0.05, 0.1) is 18.0 Å². The zero-order valence-corrected chi connectivity index (χ0v) is 15.8. The summed E-state index contributed by atoms with van der Waals surface area (Å²) in [5.74, 6) is 1.65. The Hall–Kier alpha value is -2.53. The van der Waals surface area contributed by atoms with Crippen molar-refractivity contribution in [2.24, 2.45) is 5.10 Å². The molecular weight excluding hydrogens is 392 g/mol. The standard InChI is InChI=1S/C21H17BrN2O2/c1-13-4-6-14(7-5-13)17-12-18-16-11-15(22)8-9-19(16)26-21(24(18)23-17)20-3-2-10-25-20/h2-11,18,21H,12H2,1H3/t18-,21-/m0/s1. The Kier molecular flexibility index (Phi) is 3.64. The first-order chi connectivity index (χ1) is 12.7. The Morgan fingerprint density at radius 1 is 1.12 bits per heavy atom. The van der Waals surface area contributed by atoms with Gasteiger partial charge in [0.15, 0.2) is 5.76 Å². The number of furan rings is 1. The molecule has 0 aliphatic carbocycles. The van der Waals surface area contributed by atoms with E-state index in [1.54, 1.807) is 6.26 Å². The van der Waals surface area contributed by atoms with Gasteiger partial charge < -0.3 is 9.15 Å². The van der Waals surface area contributed by atoms with Crippen molar-refractivity contribution < 1.29 is 9.15 Å². The quantitative estimate of drug-likeness (QED) is 0.554. The van der Waals surface area contributed by atoms with Gasteiger partial charge in [-0.15, -0.1) is 0 Å². The molecule has 5 rings (SSSR count). The van der Waals surface area contributed by atoms with Crippen molar-refractivity contribution in [1.82, 2.24) is 5.01 Å². The Labute approximate surface area is 160 Å². The highest BCUT2D eigenvalue weighted by Gasteiger charge is 2.42. The second-order valence-corrected chi connectivity index (χ2v) is 7.60. The third-order valence-corrected chi connectivity index (χ3v) is 5.42. The highest BCUT2D eigenvalue weighted by Crippen LogP contribution is 2.48. The molecule has 0 unspecified atom stereocenters. The number of fused-ring (bicyclic) bond motifs is 3. The summed E-state index contributed by atoms with van der Waals surface area (Å²) in [5.41, 5.74) is 4.62. The van der Waals surface area contributed by atoms with Gasteiger partial charge in [0.1, 0.15) is 5.75 Å². The van der Waals surface area contributed by atoms with Crippen molar-refractivity contribution in [2.45, 2.75) is 25.6 Å². The Morgan fingerprint density at radius 3 is 2.73 bits per heavy atom. The van der Waals surface area contributed by atoms with Crippen LogP contribution in [0.15, 0.2) is 74.9 Å². The van der Waals surface area contributed by atoms with E-state index < -0.39 is 0 Å². The van der Waals surface area contributed by atoms with E-state index in [-0.39, 0.29) is 12.3 Å². The van der Waals surface area contributed by atoms with Crippen LogP contribution in [0.2, 0.25) is 0 Å². The van der Waals surface area contributed by atoms with Crippen molar-refractivity contribution in [3.8, 4) is 5.75 Å². The number of nitrogens with zero attached hydrogens (tertiary/aromatic N) is 2. The molecule has 1 aromatic heterocycles. The number of ether oxygens (including phenoxy) is 1. The van der Waals surface area contributed by atoms with Gasteiger partial charge in [-0.1, -0.05) is 45.8 Å². The molecule has 3 heterocycles. The van der Waals surface area contributed by atoms with Crippen LogP contribution >= 0.6 is 15.9 Å². The minimum Gasteiger partial charge on any atom is -0.463 e. The number of hydrogen-bond donors (Lipinski definition) is 0. The summed E-state index contributed by atoms with van der Waals surface area (Å²) in [6, 6.07) is 18.6. The second kappa shape index (κ2) is 6.02. The topological polar surface area (TPSA) is 38.0 Å². The van der Waals surface area contributed by atoms with Crippen LogP contribution in [0.5, 0.6) is 5.75 Å². The fourth-order valence-electron chi connectivity index (χ4n) is 3.60. The summed E-state index contributed by atoms with van der Waals surface area (Å²) < 4.78 is 12.9. The number of aryl methyl sites for hydroxylation is 1. The maximum absolute atomic E-state index is 6.25. The van der Waals surface area contributed by atoms with Crippen molar-refractivity contribution in [1.29, 1.82) is 0 Å². The normalized spacial score (nSPS) is 21.0. The van der Waals surface area contributed by atoms with Gasteiger partial charge in [0.2, 0.25) is 6.23 Å². The zero-order chi connectivity index (χ0) is 17.7. The molecule has 0 amide bonds. The molecule has 0 spiro atoms. The Morgan fingerprint density at radius 2 is 1.96 bits per heavy atom. The lowest BCUT2D eigenvalue weighted by Crippen LogP contribution is -2.33. The van der Waals surface area contributed by atoms with Gasteiger partial charge >= 0.3 is 0 Å². The summed E-state index contributed by atoms with van der Waals surface area (Å²) in [4.78, 5) is 0. The van der Waals surface area contributed by atoms with E-state index in [9.17, 15) is 0 Å². The van der Waals surface area contributed by atoms with E-state index in [1.165, 1.54) is 5.56 Å². The maximum Gasteiger partial charge on any atom is 0.246 e. The van der Waals surface area contributed by atoms with Gasteiger partial charge in [-0.05, 0) is 42.8 Å². The van der Waals surface area contributed by atoms with Gasteiger partial charge in [-0.25, -0.2) is 5.01 Å². The first-order valence-corrected chi connectivity index (χ1v) is 9.41. The summed E-state index contributed by atoms with van der Waals surface area (Å²) in [6.45, 7) is 2.10. The van der Waals surface area contributed by atoms with E-state index in [2.05, 4.69) is 53.2 Å². The van der Waals surface area contributed by atoms with E-state index in [0.29, 0.717) is 0 Å². The first-order valence-electron chi connectivity index (χ1n) is 8.61. The highest BCUT2D eigenvalue weighted by atomic mass is 79.9. The van der Waals surface area contributed by atoms with Crippen LogP contribution in [0, 0.1) is 6.92 Å². The highest BCUT2D eigenvalue weighted by molar-refractivity contribution is 9.10. The number of rotatable bonds is 2. The van der Waals surface area contributed by atoms with E-state index in [0.717, 1.165) is 39.2 Å². The summed E-state index contributed by atoms with van der Waals surface area (Å²) in [7, 11) is 0. The van der Waals surface area contributed by atoms with Crippen LogP contribution < -0.4 is 4.74 Å². The molecule has 0 bridgehead atoms. The van der Waals surface area contributed by atoms with Gasteiger partial charge in [-0.2, -0.15) is 5.10 Å². The van der Waals surface area contributed by atoms with Gasteiger partial charge in [0, 0.05) is 16.5 Å². The molecule has 0 radical (unpaired) electrons. The second-order valence-electron chi connectivity index (χ2n) is 6.68. The molecule has 3 aromatic rings. The lowest BCUT2D eigenvalue weighted by Gasteiger charge is -2.37. The SMILES string of the molecule is Cc1ccc(C2=NN3[C@@H](C2)c2cc(Br)ccc2O[C@H]3c2ccco2)cc1. The molecule has 2 aliphatic rings. The van der Waals surface area contributed by atoms with Crippen LogP contribution in [0.1, 0.15) is 41.1 Å². The van der Waals surface area contributed by atoms with E-state index in [1.807, 2.05) is 29.3 Å². The van der Waals surface area contributed by atoms with Crippen LogP contribution in [-0.2, 0) is 0 Å². The largest absolute Gasteiger partial charge is 0.463 e. The maximum atomic E-state index is 6.25. The molecule has 2 atom stereocenters. The lowest BCUT2D eigenvalue weighted by molar-refractivity contribution is -0.0325. The fourth-order valence-corrected chi connectivity index (χ4v) is 3.98. The molecule has 2 aliphatic heterocycles. The Balaban J connectivity index is 1.60. The first kappa shape index (κ1) is 15.7. The minimum absolute atomic E-state index is 0.127. The van der Waals surface area contributed by atoms with E-state index >= 15 is 0 Å². The lowest BCUT2D eigenvalue weighted by atomic mass is 9.96. The summed E-state index contributed by atoms with van der Waals surface area (Å²) in [6.07, 6.45) is 2.16. The number of benzene rings is 2. The van der Waals surface area contributed by atoms with Crippen LogP contribution in [0.3, 0.4) is 0 Å². The molecule has 130 valence electrons. The average Bonchev–Trinajstić information content (AvgIpc) is 3.32. The average molecular weight is 409 g/mol. The molecular formula is C21H17BrN2O2. The predicted octanol–water partition coefficient (Wildman–Crippen LogP) is 5.59. The van der Waals surface area contributed by atoms with Crippen molar-refractivity contribution in [2.75, 3.05) is 0 Å². The van der Waals surface area contributed by atoms with Crippen LogP contribution in [0.4, 0.5) is 0 Å². The monoisotopic (exact) mass is 408 g/mol. The summed E-state index contributed by atoms with van der Waals surface area (Å²) >= 11 is 3.58. The van der Waals surface area contributed by atoms with Crippen molar-refractivity contribution in [3.63, 3.8) is 0 Å². The molecule has 4 nitrogen and oxygen atoms in total. The molecule has 5 heteroatoms. The van der Waals surface area contributed by atoms with Crippen LogP contribution in [-0.4, -0.2) is 10.7 Å². The predicted molar refractivity (Wildman–Crippen MR) is 103 cm³/mol. The van der Waals surface area contributed by atoms with Gasteiger partial charge in [0.25, 0.3) is 0 Å². The number of halogens is 1. The van der Waals surface area contributed by atoms with E-state index in [4.69, 9.17) is 14.3 Å². The number of hydrazone groups is 1. The fraction of sp³-hybridized carbons (Fsp3) is 0.190. The van der Waals surface area contributed by atoms with Gasteiger partial charge in [-0.3, -0.25) is 0 Å².